The van der Waals surface area contributed by atoms with Crippen LogP contribution in [0.25, 0.3) is 0 Å². The predicted molar refractivity (Wildman–Crippen MR) is 75.9 cm³/mol. The zero-order chi connectivity index (χ0) is 14.8. The van der Waals surface area contributed by atoms with Crippen LogP contribution in [0.1, 0.15) is 24.1 Å². The minimum absolute atomic E-state index is 0.00771. The maximum atomic E-state index is 12.5. The Balaban J connectivity index is 2.08. The summed E-state index contributed by atoms with van der Waals surface area (Å²) in [5.41, 5.74) is -0.959. The van der Waals surface area contributed by atoms with Crippen LogP contribution in [0.4, 0.5) is 0 Å². The largest absolute Gasteiger partial charge is 0.481 e. The first-order chi connectivity index (χ1) is 9.50. The molecule has 0 aromatic carbocycles. The van der Waals surface area contributed by atoms with Gasteiger partial charge in [-0.05, 0) is 24.8 Å². The lowest BCUT2D eigenvalue weighted by Gasteiger charge is -2.25. The summed E-state index contributed by atoms with van der Waals surface area (Å²) in [4.78, 5) is 26.6. The third-order valence-electron chi connectivity index (χ3n) is 3.88. The highest BCUT2D eigenvalue weighted by molar-refractivity contribution is 7.10. The summed E-state index contributed by atoms with van der Waals surface area (Å²) in [6, 6.07) is 3.85. The summed E-state index contributed by atoms with van der Waals surface area (Å²) in [6.45, 7) is 2.71. The summed E-state index contributed by atoms with van der Waals surface area (Å²) in [7, 11) is 1.49. The number of hydrogen-bond donors (Lipinski definition) is 1. The number of hydrogen-bond acceptors (Lipinski definition) is 4. The maximum Gasteiger partial charge on any atom is 0.313 e. The molecule has 2 rings (SSSR count). The molecule has 1 saturated heterocycles. The van der Waals surface area contributed by atoms with Crippen LogP contribution in [0.2, 0.25) is 0 Å². The van der Waals surface area contributed by atoms with E-state index in [2.05, 4.69) is 0 Å². The molecular formula is C14H19NO4S. The topological polar surface area (TPSA) is 66.8 Å². The number of thiophene rings is 1. The fourth-order valence-corrected chi connectivity index (χ4v) is 3.40. The van der Waals surface area contributed by atoms with E-state index in [9.17, 15) is 14.7 Å². The van der Waals surface area contributed by atoms with Gasteiger partial charge in [-0.15, -0.1) is 11.3 Å². The van der Waals surface area contributed by atoms with Crippen molar-refractivity contribution in [2.45, 2.75) is 19.3 Å². The molecule has 0 saturated carbocycles. The summed E-state index contributed by atoms with van der Waals surface area (Å²) in [5.74, 6) is -1.12. The zero-order valence-corrected chi connectivity index (χ0v) is 12.5. The Bertz CT molecular complexity index is 487. The minimum atomic E-state index is -0.959. The van der Waals surface area contributed by atoms with Crippen molar-refractivity contribution in [3.63, 3.8) is 0 Å². The molecular weight excluding hydrogens is 278 g/mol. The lowest BCUT2D eigenvalue weighted by atomic mass is 9.88. The van der Waals surface area contributed by atoms with Crippen molar-refractivity contribution in [3.05, 3.63) is 22.4 Å². The van der Waals surface area contributed by atoms with Crippen molar-refractivity contribution in [1.29, 1.82) is 0 Å². The van der Waals surface area contributed by atoms with Gasteiger partial charge in [0.1, 0.15) is 5.41 Å². The number of aliphatic carboxylic acids is 1. The third kappa shape index (κ3) is 2.71. The highest BCUT2D eigenvalue weighted by atomic mass is 32.1. The Kier molecular flexibility index (Phi) is 4.45. The van der Waals surface area contributed by atoms with Gasteiger partial charge >= 0.3 is 5.97 Å². The number of carboxylic acids is 1. The van der Waals surface area contributed by atoms with Crippen LogP contribution in [-0.4, -0.2) is 48.7 Å². The number of ether oxygens (including phenoxy) is 1. The van der Waals surface area contributed by atoms with Gasteiger partial charge in [-0.25, -0.2) is 0 Å². The van der Waals surface area contributed by atoms with Crippen molar-refractivity contribution < 1.29 is 19.4 Å². The van der Waals surface area contributed by atoms with Crippen molar-refractivity contribution >= 4 is 23.2 Å². The molecule has 2 atom stereocenters. The monoisotopic (exact) mass is 297 g/mol. The number of rotatable bonds is 5. The van der Waals surface area contributed by atoms with Gasteiger partial charge in [0.25, 0.3) is 0 Å². The van der Waals surface area contributed by atoms with Crippen molar-refractivity contribution in [2.24, 2.45) is 5.41 Å². The highest BCUT2D eigenvalue weighted by Crippen LogP contribution is 2.33. The fraction of sp³-hybridized carbons (Fsp3) is 0.571. The van der Waals surface area contributed by atoms with Crippen LogP contribution in [0, 0.1) is 5.41 Å². The van der Waals surface area contributed by atoms with E-state index >= 15 is 0 Å². The molecule has 20 heavy (non-hydrogen) atoms. The molecule has 1 aliphatic rings. The highest BCUT2D eigenvalue weighted by Gasteiger charge is 2.47. The first-order valence-electron chi connectivity index (χ1n) is 6.55. The Hall–Kier alpha value is -1.40. The molecule has 1 aliphatic heterocycles. The van der Waals surface area contributed by atoms with Gasteiger partial charge in [-0.3, -0.25) is 9.59 Å². The van der Waals surface area contributed by atoms with Gasteiger partial charge in [-0.1, -0.05) is 6.07 Å². The van der Waals surface area contributed by atoms with Gasteiger partial charge in [0.2, 0.25) is 5.91 Å². The van der Waals surface area contributed by atoms with E-state index in [1.165, 1.54) is 7.11 Å². The number of carbonyl (C=O) groups excluding carboxylic acids is 1. The van der Waals surface area contributed by atoms with Gasteiger partial charge < -0.3 is 14.7 Å². The zero-order valence-electron chi connectivity index (χ0n) is 11.7. The van der Waals surface area contributed by atoms with Gasteiger partial charge in [0.15, 0.2) is 0 Å². The minimum Gasteiger partial charge on any atom is -0.481 e. The SMILES string of the molecule is COCC1(C(=O)O)CCN(C(=O)C(C)c2cccs2)C1. The molecule has 1 aromatic rings. The number of carboxylic acid groups (broad SMARTS) is 1. The summed E-state index contributed by atoms with van der Waals surface area (Å²) >= 11 is 1.55. The van der Waals surface area contributed by atoms with E-state index in [1.54, 1.807) is 16.2 Å². The van der Waals surface area contributed by atoms with Crippen molar-refractivity contribution in [2.75, 3.05) is 26.8 Å². The number of carbonyl (C=O) groups is 2. The quantitative estimate of drug-likeness (QED) is 0.900. The van der Waals surface area contributed by atoms with Crippen LogP contribution in [0.15, 0.2) is 17.5 Å². The number of likely N-dealkylation sites (tertiary alicyclic amines) is 1. The number of nitrogens with zero attached hydrogens (tertiary/aromatic N) is 1. The van der Waals surface area contributed by atoms with Crippen LogP contribution in [0.3, 0.4) is 0 Å². The van der Waals surface area contributed by atoms with Crippen LogP contribution < -0.4 is 0 Å². The second kappa shape index (κ2) is 5.93. The molecule has 0 aliphatic carbocycles. The summed E-state index contributed by atoms with van der Waals surface area (Å²) < 4.78 is 5.03. The Morgan fingerprint density at radius 2 is 2.35 bits per heavy atom. The lowest BCUT2D eigenvalue weighted by Crippen LogP contribution is -2.41. The first-order valence-corrected chi connectivity index (χ1v) is 7.43. The molecule has 1 amide bonds. The Morgan fingerprint density at radius 1 is 1.60 bits per heavy atom. The lowest BCUT2D eigenvalue weighted by molar-refractivity contribution is -0.151. The molecule has 1 N–H and O–H groups in total. The van der Waals surface area contributed by atoms with E-state index in [4.69, 9.17) is 4.74 Å². The Labute approximate surface area is 122 Å². The predicted octanol–water partition coefficient (Wildman–Crippen LogP) is 1.80. The van der Waals surface area contributed by atoms with Crippen molar-refractivity contribution in [3.8, 4) is 0 Å². The Morgan fingerprint density at radius 3 is 2.90 bits per heavy atom. The molecule has 1 aromatic heterocycles. The van der Waals surface area contributed by atoms with E-state index in [0.29, 0.717) is 13.0 Å². The van der Waals surface area contributed by atoms with Gasteiger partial charge in [0.05, 0.1) is 12.5 Å². The average Bonchev–Trinajstić information content (AvgIpc) is 3.07. The van der Waals surface area contributed by atoms with Crippen LogP contribution in [0.5, 0.6) is 0 Å². The average molecular weight is 297 g/mol. The summed E-state index contributed by atoms with van der Waals surface area (Å²) in [6.07, 6.45) is 0.444. The van der Waals surface area contributed by atoms with E-state index in [-0.39, 0.29) is 25.0 Å². The van der Waals surface area contributed by atoms with Gasteiger partial charge in [-0.2, -0.15) is 0 Å². The fourth-order valence-electron chi connectivity index (χ4n) is 2.62. The van der Waals surface area contributed by atoms with E-state index in [0.717, 1.165) is 4.88 Å². The molecule has 2 unspecified atom stereocenters. The molecule has 110 valence electrons. The van der Waals surface area contributed by atoms with Crippen LogP contribution in [-0.2, 0) is 14.3 Å². The third-order valence-corrected chi connectivity index (χ3v) is 4.94. The normalized spacial score (nSPS) is 23.8. The van der Waals surface area contributed by atoms with E-state index < -0.39 is 11.4 Å². The smallest absolute Gasteiger partial charge is 0.313 e. The molecule has 0 bridgehead atoms. The van der Waals surface area contributed by atoms with E-state index in [1.807, 2.05) is 24.4 Å². The number of methoxy groups -OCH3 is 1. The molecule has 0 spiro atoms. The molecule has 6 heteroatoms. The van der Waals surface area contributed by atoms with Gasteiger partial charge in [0, 0.05) is 25.1 Å². The van der Waals surface area contributed by atoms with Crippen LogP contribution >= 0.6 is 11.3 Å². The second-order valence-corrected chi connectivity index (χ2v) is 6.24. The molecule has 0 radical (unpaired) electrons. The number of amides is 1. The summed E-state index contributed by atoms with van der Waals surface area (Å²) in [5, 5.41) is 11.3. The standard InChI is InChI=1S/C14H19NO4S/c1-10(11-4-3-7-20-11)12(16)15-6-5-14(8-15,9-19-2)13(17)18/h3-4,7,10H,5-6,8-9H2,1-2H3,(H,17,18). The molecule has 2 heterocycles. The first kappa shape index (κ1) is 15.0. The molecule has 5 nitrogen and oxygen atoms in total. The van der Waals surface area contributed by atoms with Crippen molar-refractivity contribution in [1.82, 2.24) is 4.90 Å². The maximum absolute atomic E-state index is 12.5. The molecule has 1 fully saturated rings. The second-order valence-electron chi connectivity index (χ2n) is 5.27.